The van der Waals surface area contributed by atoms with Crippen LogP contribution in [0, 0.1) is 6.92 Å². The third kappa shape index (κ3) is 3.79. The summed E-state index contributed by atoms with van der Waals surface area (Å²) in [5, 5.41) is 2.84. The van der Waals surface area contributed by atoms with Crippen molar-refractivity contribution >= 4 is 11.6 Å². The Morgan fingerprint density at radius 3 is 2.43 bits per heavy atom. The van der Waals surface area contributed by atoms with E-state index in [-0.39, 0.29) is 5.91 Å². The normalized spacial score (nSPS) is 10.2. The molecule has 0 aliphatic rings. The number of aromatic nitrogens is 1. The summed E-state index contributed by atoms with van der Waals surface area (Å²) < 4.78 is 10.1. The Labute approximate surface area is 123 Å². The van der Waals surface area contributed by atoms with E-state index in [1.165, 1.54) is 0 Å². The van der Waals surface area contributed by atoms with Crippen molar-refractivity contribution in [3.05, 3.63) is 53.2 Å². The summed E-state index contributed by atoms with van der Waals surface area (Å²) in [7, 11) is 3.20. The van der Waals surface area contributed by atoms with Gasteiger partial charge in [0.1, 0.15) is 0 Å². The molecule has 110 valence electrons. The van der Waals surface area contributed by atoms with Gasteiger partial charge in [-0.15, -0.1) is 0 Å². The van der Waals surface area contributed by atoms with Crippen molar-refractivity contribution in [1.29, 1.82) is 0 Å². The molecule has 1 aromatic heterocycles. The minimum Gasteiger partial charge on any atom is -0.481 e. The van der Waals surface area contributed by atoms with Gasteiger partial charge in [0.25, 0.3) is 5.91 Å². The van der Waals surface area contributed by atoms with Crippen LogP contribution >= 0.6 is 0 Å². The first-order valence-corrected chi connectivity index (χ1v) is 6.55. The summed E-state index contributed by atoms with van der Waals surface area (Å²) in [6, 6.07) is 10.8. The number of benzene rings is 1. The Balaban J connectivity index is 2.10. The van der Waals surface area contributed by atoms with Crippen molar-refractivity contribution in [3.63, 3.8) is 0 Å². The molecule has 0 unspecified atom stereocenters. The maximum Gasteiger partial charge on any atom is 0.255 e. The van der Waals surface area contributed by atoms with E-state index >= 15 is 0 Å². The fourth-order valence-corrected chi connectivity index (χ4v) is 1.90. The number of carbonyl (C=O) groups is 1. The van der Waals surface area contributed by atoms with E-state index in [9.17, 15) is 4.79 Å². The van der Waals surface area contributed by atoms with Gasteiger partial charge in [-0.25, -0.2) is 4.98 Å². The zero-order chi connectivity index (χ0) is 15.2. The van der Waals surface area contributed by atoms with Crippen LogP contribution in [0.25, 0.3) is 0 Å². The molecule has 0 fully saturated rings. The van der Waals surface area contributed by atoms with E-state index < -0.39 is 0 Å². The largest absolute Gasteiger partial charge is 0.481 e. The Bertz CT molecular complexity index is 624. The Morgan fingerprint density at radius 1 is 1.14 bits per heavy atom. The zero-order valence-electron chi connectivity index (χ0n) is 12.3. The molecule has 0 radical (unpaired) electrons. The molecule has 21 heavy (non-hydrogen) atoms. The molecule has 2 rings (SSSR count). The van der Waals surface area contributed by atoms with E-state index in [2.05, 4.69) is 10.3 Å². The molecule has 2 aromatic rings. The minimum atomic E-state index is -0.172. The Hall–Kier alpha value is -2.40. The number of hydrogen-bond acceptors (Lipinski definition) is 4. The number of aryl methyl sites for hydroxylation is 1. The summed E-state index contributed by atoms with van der Waals surface area (Å²) >= 11 is 0. The number of nitrogens with zero attached hydrogens (tertiary/aromatic N) is 1. The van der Waals surface area contributed by atoms with Gasteiger partial charge in [-0.05, 0) is 30.7 Å². The fraction of sp³-hybridized carbons (Fsp3) is 0.250. The van der Waals surface area contributed by atoms with Crippen LogP contribution in [-0.4, -0.2) is 25.1 Å². The van der Waals surface area contributed by atoms with Crippen LogP contribution in [0.5, 0.6) is 5.88 Å². The summed E-state index contributed by atoms with van der Waals surface area (Å²) in [5.41, 5.74) is 2.99. The number of amides is 1. The monoisotopic (exact) mass is 286 g/mol. The van der Waals surface area contributed by atoms with Gasteiger partial charge < -0.3 is 14.8 Å². The molecule has 0 aliphatic heterocycles. The number of anilines is 1. The molecule has 1 heterocycles. The number of rotatable bonds is 5. The number of hydrogen-bond donors (Lipinski definition) is 1. The molecule has 0 spiro atoms. The molecule has 5 nitrogen and oxygen atoms in total. The third-order valence-electron chi connectivity index (χ3n) is 3.04. The van der Waals surface area contributed by atoms with Gasteiger partial charge in [-0.2, -0.15) is 0 Å². The lowest BCUT2D eigenvalue weighted by molar-refractivity contribution is 0.102. The van der Waals surface area contributed by atoms with Gasteiger partial charge in [0.2, 0.25) is 5.88 Å². The van der Waals surface area contributed by atoms with Crippen molar-refractivity contribution in [2.24, 2.45) is 0 Å². The molecule has 1 aromatic carbocycles. The Morgan fingerprint density at radius 2 is 1.86 bits per heavy atom. The predicted octanol–water partition coefficient (Wildman–Crippen LogP) is 2.80. The fourth-order valence-electron chi connectivity index (χ4n) is 1.90. The van der Waals surface area contributed by atoms with Gasteiger partial charge >= 0.3 is 0 Å². The molecule has 0 atom stereocenters. The number of pyridine rings is 1. The maximum absolute atomic E-state index is 12.2. The average Bonchev–Trinajstić information content (AvgIpc) is 2.50. The molecule has 1 amide bonds. The van der Waals surface area contributed by atoms with E-state index in [1.807, 2.05) is 19.1 Å². The Kier molecular flexibility index (Phi) is 4.90. The topological polar surface area (TPSA) is 60.5 Å². The molecule has 0 aliphatic carbocycles. The first-order chi connectivity index (χ1) is 10.1. The van der Waals surface area contributed by atoms with E-state index in [0.717, 1.165) is 5.56 Å². The molecule has 5 heteroatoms. The first-order valence-electron chi connectivity index (χ1n) is 6.55. The summed E-state index contributed by atoms with van der Waals surface area (Å²) in [6.07, 6.45) is 0. The second-order valence-corrected chi connectivity index (χ2v) is 4.57. The number of ether oxygens (including phenoxy) is 2. The molecule has 0 bridgehead atoms. The van der Waals surface area contributed by atoms with E-state index in [4.69, 9.17) is 9.47 Å². The lowest BCUT2D eigenvalue weighted by Crippen LogP contribution is -2.13. The van der Waals surface area contributed by atoms with Crippen molar-refractivity contribution in [2.75, 3.05) is 19.5 Å². The highest BCUT2D eigenvalue weighted by Gasteiger charge is 2.09. The van der Waals surface area contributed by atoms with Gasteiger partial charge in [-0.3, -0.25) is 4.79 Å². The highest BCUT2D eigenvalue weighted by atomic mass is 16.5. The number of carbonyl (C=O) groups excluding carboxylic acids is 1. The lowest BCUT2D eigenvalue weighted by atomic mass is 10.1. The van der Waals surface area contributed by atoms with Gasteiger partial charge in [0, 0.05) is 18.7 Å². The van der Waals surface area contributed by atoms with Crippen LogP contribution in [0.15, 0.2) is 36.4 Å². The molecular weight excluding hydrogens is 268 g/mol. The quantitative estimate of drug-likeness (QED) is 0.918. The van der Waals surface area contributed by atoms with Crippen molar-refractivity contribution in [2.45, 2.75) is 13.5 Å². The summed E-state index contributed by atoms with van der Waals surface area (Å²) in [4.78, 5) is 16.4. The van der Waals surface area contributed by atoms with Crippen LogP contribution in [0.4, 0.5) is 5.69 Å². The zero-order valence-corrected chi connectivity index (χ0v) is 12.3. The first kappa shape index (κ1) is 15.0. The van der Waals surface area contributed by atoms with Crippen LogP contribution in [0.1, 0.15) is 21.6 Å². The van der Waals surface area contributed by atoms with Crippen LogP contribution < -0.4 is 10.1 Å². The second-order valence-electron chi connectivity index (χ2n) is 4.57. The second kappa shape index (κ2) is 6.85. The highest BCUT2D eigenvalue weighted by Crippen LogP contribution is 2.18. The SMILES string of the molecule is COCc1ccc(C(=O)Nc2ccc(OC)nc2C)cc1. The standard InChI is InChI=1S/C16H18N2O3/c1-11-14(8-9-15(17-11)21-3)18-16(19)13-6-4-12(5-7-13)10-20-2/h4-9H,10H2,1-3H3,(H,18,19). The highest BCUT2D eigenvalue weighted by molar-refractivity contribution is 6.04. The maximum atomic E-state index is 12.2. The lowest BCUT2D eigenvalue weighted by Gasteiger charge is -2.09. The molecular formula is C16H18N2O3. The predicted molar refractivity (Wildman–Crippen MR) is 80.6 cm³/mol. The number of nitrogens with one attached hydrogen (secondary N) is 1. The summed E-state index contributed by atoms with van der Waals surface area (Å²) in [5.74, 6) is 0.350. The molecule has 0 saturated carbocycles. The van der Waals surface area contributed by atoms with Gasteiger partial charge in [0.15, 0.2) is 0 Å². The van der Waals surface area contributed by atoms with Crippen LogP contribution in [0.2, 0.25) is 0 Å². The minimum absolute atomic E-state index is 0.172. The van der Waals surface area contributed by atoms with Crippen molar-refractivity contribution < 1.29 is 14.3 Å². The van der Waals surface area contributed by atoms with Crippen molar-refractivity contribution in [3.8, 4) is 5.88 Å². The van der Waals surface area contributed by atoms with E-state index in [1.54, 1.807) is 38.5 Å². The van der Waals surface area contributed by atoms with Gasteiger partial charge in [-0.1, -0.05) is 12.1 Å². The van der Waals surface area contributed by atoms with Crippen LogP contribution in [-0.2, 0) is 11.3 Å². The number of methoxy groups -OCH3 is 2. The van der Waals surface area contributed by atoms with Crippen LogP contribution in [0.3, 0.4) is 0 Å². The molecule has 1 N–H and O–H groups in total. The van der Waals surface area contributed by atoms with Crippen molar-refractivity contribution in [1.82, 2.24) is 4.98 Å². The average molecular weight is 286 g/mol. The molecule has 0 saturated heterocycles. The third-order valence-corrected chi connectivity index (χ3v) is 3.04. The smallest absolute Gasteiger partial charge is 0.255 e. The summed E-state index contributed by atoms with van der Waals surface area (Å²) in [6.45, 7) is 2.35. The van der Waals surface area contributed by atoms with Gasteiger partial charge in [0.05, 0.1) is 25.1 Å². The van der Waals surface area contributed by atoms with E-state index in [0.29, 0.717) is 29.4 Å².